The molecule has 1 aromatic carbocycles. The van der Waals surface area contributed by atoms with Crippen molar-refractivity contribution < 1.29 is 14.3 Å². The van der Waals surface area contributed by atoms with Crippen molar-refractivity contribution >= 4 is 5.78 Å². The van der Waals surface area contributed by atoms with Crippen molar-refractivity contribution in [3.63, 3.8) is 0 Å². The van der Waals surface area contributed by atoms with Crippen LogP contribution in [0.15, 0.2) is 47.4 Å². The van der Waals surface area contributed by atoms with E-state index in [0.29, 0.717) is 17.1 Å². The number of rotatable bonds is 3. The second-order valence-corrected chi connectivity index (χ2v) is 4.16. The van der Waals surface area contributed by atoms with E-state index in [2.05, 4.69) is 0 Å². The summed E-state index contributed by atoms with van der Waals surface area (Å²) < 4.78 is 11.8. The van der Waals surface area contributed by atoms with Gasteiger partial charge < -0.3 is 14.0 Å². The van der Waals surface area contributed by atoms with Crippen LogP contribution in [0.5, 0.6) is 11.5 Å². The lowest BCUT2D eigenvalue weighted by Gasteiger charge is -2.05. The van der Waals surface area contributed by atoms with Crippen molar-refractivity contribution in [3.8, 4) is 11.5 Å². The van der Waals surface area contributed by atoms with Crippen molar-refractivity contribution in [1.82, 2.24) is 4.57 Å². The number of pyridine rings is 1. The fourth-order valence-corrected chi connectivity index (χ4v) is 1.91. The predicted octanol–water partition coefficient (Wildman–Crippen LogP) is 1.46. The molecule has 2 heterocycles. The summed E-state index contributed by atoms with van der Waals surface area (Å²) in [6.07, 6.45) is 1.59. The monoisotopic (exact) mass is 257 g/mol. The number of hydrogen-bond donors (Lipinski definition) is 0. The Labute approximate surface area is 109 Å². The second-order valence-electron chi connectivity index (χ2n) is 4.16. The highest BCUT2D eigenvalue weighted by atomic mass is 16.7. The first-order valence-electron chi connectivity index (χ1n) is 5.82. The molecular formula is C14H11NO4. The summed E-state index contributed by atoms with van der Waals surface area (Å²) in [5, 5.41) is 0. The molecule has 0 radical (unpaired) electrons. The molecule has 0 saturated heterocycles. The lowest BCUT2D eigenvalue weighted by molar-refractivity contribution is 0.0970. The van der Waals surface area contributed by atoms with Gasteiger partial charge in [0.1, 0.15) is 0 Å². The topological polar surface area (TPSA) is 57.5 Å². The average molecular weight is 257 g/mol. The molecule has 19 heavy (non-hydrogen) atoms. The molecule has 1 aromatic heterocycles. The van der Waals surface area contributed by atoms with E-state index in [0.717, 1.165) is 0 Å². The molecule has 5 heteroatoms. The van der Waals surface area contributed by atoms with Crippen molar-refractivity contribution in [3.05, 3.63) is 58.5 Å². The van der Waals surface area contributed by atoms with Crippen molar-refractivity contribution in [2.45, 2.75) is 6.54 Å². The van der Waals surface area contributed by atoms with E-state index in [-0.39, 0.29) is 24.7 Å². The maximum absolute atomic E-state index is 12.1. The quantitative estimate of drug-likeness (QED) is 0.781. The molecule has 0 N–H and O–H groups in total. The smallest absolute Gasteiger partial charge is 0.250 e. The normalized spacial score (nSPS) is 12.4. The number of aromatic nitrogens is 1. The van der Waals surface area contributed by atoms with Crippen LogP contribution in [0.2, 0.25) is 0 Å². The summed E-state index contributed by atoms with van der Waals surface area (Å²) in [5.74, 6) is 1.05. The van der Waals surface area contributed by atoms with Crippen LogP contribution in [0.25, 0.3) is 0 Å². The first-order valence-corrected chi connectivity index (χ1v) is 5.82. The minimum atomic E-state index is -0.198. The third-order valence-corrected chi connectivity index (χ3v) is 2.91. The summed E-state index contributed by atoms with van der Waals surface area (Å²) >= 11 is 0. The number of hydrogen-bond acceptors (Lipinski definition) is 4. The maximum Gasteiger partial charge on any atom is 0.250 e. The molecule has 96 valence electrons. The van der Waals surface area contributed by atoms with Crippen LogP contribution >= 0.6 is 0 Å². The van der Waals surface area contributed by atoms with E-state index in [1.54, 1.807) is 36.5 Å². The Morgan fingerprint density at radius 1 is 1.16 bits per heavy atom. The number of ether oxygens (including phenoxy) is 2. The van der Waals surface area contributed by atoms with Gasteiger partial charge in [0.15, 0.2) is 17.3 Å². The number of nitrogens with zero attached hydrogens (tertiary/aromatic N) is 1. The number of ketones is 1. The van der Waals surface area contributed by atoms with Gasteiger partial charge in [-0.15, -0.1) is 0 Å². The average Bonchev–Trinajstić information content (AvgIpc) is 2.88. The fraction of sp³-hybridized carbons (Fsp3) is 0.143. The van der Waals surface area contributed by atoms with Crippen LogP contribution in [-0.4, -0.2) is 17.1 Å². The van der Waals surface area contributed by atoms with Gasteiger partial charge in [-0.2, -0.15) is 0 Å². The highest BCUT2D eigenvalue weighted by Gasteiger charge is 2.16. The molecule has 1 aliphatic heterocycles. The zero-order chi connectivity index (χ0) is 13.2. The van der Waals surface area contributed by atoms with Crippen LogP contribution in [0.3, 0.4) is 0 Å². The Bertz CT molecular complexity index is 690. The number of carbonyl (C=O) groups excluding carboxylic acids is 1. The third-order valence-electron chi connectivity index (χ3n) is 2.91. The second kappa shape index (κ2) is 4.61. The van der Waals surface area contributed by atoms with Crippen LogP contribution < -0.4 is 15.0 Å². The molecular weight excluding hydrogens is 246 g/mol. The van der Waals surface area contributed by atoms with Crippen LogP contribution in [0.4, 0.5) is 0 Å². The van der Waals surface area contributed by atoms with E-state index in [1.807, 2.05) is 0 Å². The van der Waals surface area contributed by atoms with Gasteiger partial charge in [-0.1, -0.05) is 6.07 Å². The van der Waals surface area contributed by atoms with E-state index in [1.165, 1.54) is 10.6 Å². The highest BCUT2D eigenvalue weighted by molar-refractivity contribution is 5.96. The van der Waals surface area contributed by atoms with Gasteiger partial charge >= 0.3 is 0 Å². The summed E-state index contributed by atoms with van der Waals surface area (Å²) in [5.41, 5.74) is 0.302. The summed E-state index contributed by atoms with van der Waals surface area (Å²) in [4.78, 5) is 23.6. The number of carbonyl (C=O) groups is 1. The highest BCUT2D eigenvalue weighted by Crippen LogP contribution is 2.32. The molecule has 0 aliphatic carbocycles. The van der Waals surface area contributed by atoms with Gasteiger partial charge in [0.2, 0.25) is 6.79 Å². The maximum atomic E-state index is 12.1. The fourth-order valence-electron chi connectivity index (χ4n) is 1.91. The molecule has 0 atom stereocenters. The van der Waals surface area contributed by atoms with E-state index in [9.17, 15) is 9.59 Å². The Hall–Kier alpha value is -2.56. The molecule has 2 aromatic rings. The van der Waals surface area contributed by atoms with Gasteiger partial charge in [-0.3, -0.25) is 9.59 Å². The van der Waals surface area contributed by atoms with Crippen molar-refractivity contribution in [1.29, 1.82) is 0 Å². The molecule has 0 bridgehead atoms. The molecule has 1 aliphatic rings. The molecule has 0 spiro atoms. The van der Waals surface area contributed by atoms with E-state index < -0.39 is 0 Å². The zero-order valence-corrected chi connectivity index (χ0v) is 10.0. The minimum absolute atomic E-state index is 0.0132. The minimum Gasteiger partial charge on any atom is -0.454 e. The SMILES string of the molecule is O=C(Cn1ccccc1=O)c1ccc2c(c1)OCO2. The standard InChI is InChI=1S/C14H11NO4/c16-11(8-15-6-2-1-3-14(15)17)10-4-5-12-13(7-10)19-9-18-12/h1-7H,8-9H2. The lowest BCUT2D eigenvalue weighted by atomic mass is 10.1. The molecule has 5 nitrogen and oxygen atoms in total. The van der Waals surface area contributed by atoms with Crippen LogP contribution in [-0.2, 0) is 6.54 Å². The Morgan fingerprint density at radius 3 is 2.84 bits per heavy atom. The first kappa shape index (κ1) is 11.5. The van der Waals surface area contributed by atoms with E-state index in [4.69, 9.17) is 9.47 Å². The summed E-state index contributed by atoms with van der Waals surface area (Å²) in [6, 6.07) is 9.79. The Balaban J connectivity index is 1.85. The Kier molecular flexibility index (Phi) is 2.79. The van der Waals surface area contributed by atoms with Gasteiger partial charge in [-0.05, 0) is 24.3 Å². The summed E-state index contributed by atoms with van der Waals surface area (Å²) in [6.45, 7) is 0.185. The molecule has 0 saturated carbocycles. The van der Waals surface area contributed by atoms with Gasteiger partial charge in [0, 0.05) is 17.8 Å². The lowest BCUT2D eigenvalue weighted by Crippen LogP contribution is -2.22. The van der Waals surface area contributed by atoms with Gasteiger partial charge in [0.05, 0.1) is 6.54 Å². The van der Waals surface area contributed by atoms with Gasteiger partial charge in [0.25, 0.3) is 5.56 Å². The third kappa shape index (κ3) is 2.22. The van der Waals surface area contributed by atoms with Crippen LogP contribution in [0.1, 0.15) is 10.4 Å². The molecule has 0 unspecified atom stereocenters. The molecule has 3 rings (SSSR count). The van der Waals surface area contributed by atoms with E-state index >= 15 is 0 Å². The number of benzene rings is 1. The first-order chi connectivity index (χ1) is 9.24. The van der Waals surface area contributed by atoms with Gasteiger partial charge in [-0.25, -0.2) is 0 Å². The molecule has 0 amide bonds. The predicted molar refractivity (Wildman–Crippen MR) is 67.6 cm³/mol. The zero-order valence-electron chi connectivity index (χ0n) is 10.0. The largest absolute Gasteiger partial charge is 0.454 e. The Morgan fingerprint density at radius 2 is 2.00 bits per heavy atom. The van der Waals surface area contributed by atoms with Crippen LogP contribution in [0, 0.1) is 0 Å². The number of Topliss-reactive ketones (excluding diaryl/α,β-unsaturated/α-hetero) is 1. The molecule has 0 fully saturated rings. The van der Waals surface area contributed by atoms with Crippen molar-refractivity contribution in [2.75, 3.05) is 6.79 Å². The number of fused-ring (bicyclic) bond motifs is 1. The van der Waals surface area contributed by atoms with Crippen molar-refractivity contribution in [2.24, 2.45) is 0 Å². The summed E-state index contributed by atoms with van der Waals surface area (Å²) in [7, 11) is 0.